The minimum absolute atomic E-state index is 0.154. The van der Waals surface area contributed by atoms with Crippen LogP contribution in [0.4, 0.5) is 15.2 Å². The van der Waals surface area contributed by atoms with Gasteiger partial charge in [0.25, 0.3) is 5.91 Å². The summed E-state index contributed by atoms with van der Waals surface area (Å²) in [7, 11) is 0. The molecule has 2 amide bonds. The smallest absolute Gasteiger partial charge is 0.255 e. The fourth-order valence-corrected chi connectivity index (χ4v) is 5.21. The van der Waals surface area contributed by atoms with E-state index < -0.39 is 5.82 Å². The van der Waals surface area contributed by atoms with Crippen LogP contribution in [0.25, 0.3) is 11.3 Å². The standard InChI is InChI=1S/C26H21ClFN3O2S2/c1-2-23(25(33)31-26-30-22(15-34-26)20-8-3-4-9-21(20)27)35-19-7-5-6-18(14-19)29-24(32)16-10-12-17(28)13-11-16/h3-15,23H,2H2,1H3,(H,29,32)(H,30,31,33). The van der Waals surface area contributed by atoms with Crippen molar-refractivity contribution in [1.82, 2.24) is 4.98 Å². The predicted molar refractivity (Wildman–Crippen MR) is 142 cm³/mol. The summed E-state index contributed by atoms with van der Waals surface area (Å²) in [4.78, 5) is 30.7. The molecule has 5 nitrogen and oxygen atoms in total. The van der Waals surface area contributed by atoms with E-state index in [4.69, 9.17) is 11.6 Å². The summed E-state index contributed by atoms with van der Waals surface area (Å²) in [6, 6.07) is 20.0. The largest absolute Gasteiger partial charge is 0.322 e. The molecule has 178 valence electrons. The van der Waals surface area contributed by atoms with Crippen molar-refractivity contribution in [3.63, 3.8) is 0 Å². The number of aromatic nitrogens is 1. The van der Waals surface area contributed by atoms with E-state index in [9.17, 15) is 14.0 Å². The van der Waals surface area contributed by atoms with Crippen LogP contribution in [0.15, 0.2) is 83.1 Å². The Hall–Kier alpha value is -3.20. The summed E-state index contributed by atoms with van der Waals surface area (Å²) in [5, 5.41) is 8.32. The highest BCUT2D eigenvalue weighted by molar-refractivity contribution is 8.00. The molecule has 0 aliphatic rings. The van der Waals surface area contributed by atoms with Crippen molar-refractivity contribution in [2.45, 2.75) is 23.5 Å². The molecule has 35 heavy (non-hydrogen) atoms. The van der Waals surface area contributed by atoms with Gasteiger partial charge >= 0.3 is 0 Å². The number of thiazole rings is 1. The summed E-state index contributed by atoms with van der Waals surface area (Å²) in [5.41, 5.74) is 2.46. The Balaban J connectivity index is 1.40. The quantitative estimate of drug-likeness (QED) is 0.236. The molecular formula is C26H21ClFN3O2S2. The van der Waals surface area contributed by atoms with Crippen molar-refractivity contribution in [2.24, 2.45) is 0 Å². The lowest BCUT2D eigenvalue weighted by Gasteiger charge is -2.14. The zero-order chi connectivity index (χ0) is 24.8. The molecule has 1 heterocycles. The average Bonchev–Trinajstić information content (AvgIpc) is 3.31. The van der Waals surface area contributed by atoms with Crippen molar-refractivity contribution in [2.75, 3.05) is 10.6 Å². The van der Waals surface area contributed by atoms with Gasteiger partial charge in [-0.25, -0.2) is 9.37 Å². The molecule has 0 bridgehead atoms. The molecule has 2 N–H and O–H groups in total. The predicted octanol–water partition coefficient (Wildman–Crippen LogP) is 7.36. The van der Waals surface area contributed by atoms with Crippen molar-refractivity contribution >= 4 is 57.3 Å². The van der Waals surface area contributed by atoms with Gasteiger partial charge < -0.3 is 10.6 Å². The summed E-state index contributed by atoms with van der Waals surface area (Å²) >= 11 is 9.00. The van der Waals surface area contributed by atoms with Gasteiger partial charge in [-0.1, -0.05) is 42.8 Å². The van der Waals surface area contributed by atoms with E-state index in [0.29, 0.717) is 33.5 Å². The van der Waals surface area contributed by atoms with E-state index in [1.165, 1.54) is 47.4 Å². The van der Waals surface area contributed by atoms with Gasteiger partial charge in [0.1, 0.15) is 5.82 Å². The van der Waals surface area contributed by atoms with Crippen molar-refractivity contribution in [3.8, 4) is 11.3 Å². The number of thioether (sulfide) groups is 1. The Labute approximate surface area is 215 Å². The second-order valence-electron chi connectivity index (χ2n) is 7.51. The molecule has 0 aliphatic carbocycles. The highest BCUT2D eigenvalue weighted by atomic mass is 35.5. The number of benzene rings is 3. The summed E-state index contributed by atoms with van der Waals surface area (Å²) < 4.78 is 13.1. The Morgan fingerprint density at radius 3 is 2.57 bits per heavy atom. The van der Waals surface area contributed by atoms with Gasteiger partial charge in [-0.3, -0.25) is 9.59 Å². The number of rotatable bonds is 8. The van der Waals surface area contributed by atoms with Gasteiger partial charge in [0.15, 0.2) is 5.13 Å². The SMILES string of the molecule is CCC(Sc1cccc(NC(=O)c2ccc(F)cc2)c1)C(=O)Nc1nc(-c2ccccc2Cl)cs1. The third kappa shape index (κ3) is 6.48. The van der Waals surface area contributed by atoms with Crippen LogP contribution in [-0.2, 0) is 4.79 Å². The van der Waals surface area contributed by atoms with E-state index in [1.54, 1.807) is 18.2 Å². The van der Waals surface area contributed by atoms with Gasteiger partial charge in [-0.2, -0.15) is 0 Å². The number of carbonyl (C=O) groups excluding carboxylic acids is 2. The van der Waals surface area contributed by atoms with E-state index in [2.05, 4.69) is 15.6 Å². The van der Waals surface area contributed by atoms with Crippen LogP contribution < -0.4 is 10.6 Å². The molecular weight excluding hydrogens is 505 g/mol. The van der Waals surface area contributed by atoms with Crippen LogP contribution in [-0.4, -0.2) is 22.0 Å². The summed E-state index contributed by atoms with van der Waals surface area (Å²) in [6.45, 7) is 1.94. The minimum Gasteiger partial charge on any atom is -0.322 e. The first-order chi connectivity index (χ1) is 16.9. The van der Waals surface area contributed by atoms with Crippen LogP contribution >= 0.6 is 34.7 Å². The number of nitrogens with one attached hydrogen (secondary N) is 2. The van der Waals surface area contributed by atoms with Gasteiger partial charge in [-0.15, -0.1) is 23.1 Å². The zero-order valence-electron chi connectivity index (χ0n) is 18.6. The second-order valence-corrected chi connectivity index (χ2v) is 10.1. The zero-order valence-corrected chi connectivity index (χ0v) is 21.0. The first-order valence-corrected chi connectivity index (χ1v) is 12.9. The maximum Gasteiger partial charge on any atom is 0.255 e. The van der Waals surface area contributed by atoms with Crippen LogP contribution in [0.1, 0.15) is 23.7 Å². The highest BCUT2D eigenvalue weighted by Gasteiger charge is 2.20. The molecule has 0 saturated heterocycles. The second kappa shape index (κ2) is 11.5. The van der Waals surface area contributed by atoms with Crippen LogP contribution in [0.2, 0.25) is 5.02 Å². The summed E-state index contributed by atoms with van der Waals surface area (Å²) in [6.07, 6.45) is 0.603. The number of nitrogens with zero attached hydrogens (tertiary/aromatic N) is 1. The normalized spacial score (nSPS) is 11.6. The molecule has 3 aromatic carbocycles. The first-order valence-electron chi connectivity index (χ1n) is 10.8. The van der Waals surface area contributed by atoms with Crippen molar-refractivity contribution < 1.29 is 14.0 Å². The molecule has 0 radical (unpaired) electrons. The van der Waals surface area contributed by atoms with Crippen molar-refractivity contribution in [3.05, 3.63) is 94.6 Å². The van der Waals surface area contributed by atoms with Crippen LogP contribution in [0.3, 0.4) is 0 Å². The average molecular weight is 526 g/mol. The summed E-state index contributed by atoms with van der Waals surface area (Å²) in [5.74, 6) is -0.894. The topological polar surface area (TPSA) is 71.1 Å². The third-order valence-corrected chi connectivity index (χ3v) is 7.47. The molecule has 0 saturated carbocycles. The third-order valence-electron chi connectivity index (χ3n) is 5.02. The van der Waals surface area contributed by atoms with Gasteiger partial charge in [-0.05, 0) is 55.0 Å². The fourth-order valence-electron chi connectivity index (χ4n) is 3.25. The maximum atomic E-state index is 13.1. The first kappa shape index (κ1) is 24.9. The molecule has 1 aromatic heterocycles. The fraction of sp³-hybridized carbons (Fsp3) is 0.115. The van der Waals surface area contributed by atoms with Gasteiger partial charge in [0, 0.05) is 32.1 Å². The number of anilines is 2. The molecule has 4 aromatic rings. The van der Waals surface area contributed by atoms with Gasteiger partial charge in [0.05, 0.1) is 10.9 Å². The Bertz CT molecular complexity index is 1340. The number of hydrogen-bond acceptors (Lipinski definition) is 5. The van der Waals surface area contributed by atoms with E-state index in [0.717, 1.165) is 10.5 Å². The maximum absolute atomic E-state index is 13.1. The molecule has 0 aliphatic heterocycles. The number of carbonyl (C=O) groups is 2. The molecule has 0 spiro atoms. The van der Waals surface area contributed by atoms with E-state index in [1.807, 2.05) is 42.6 Å². The molecule has 9 heteroatoms. The Morgan fingerprint density at radius 1 is 1.06 bits per heavy atom. The molecule has 0 fully saturated rings. The Morgan fingerprint density at radius 2 is 1.83 bits per heavy atom. The molecule has 1 atom stereocenters. The lowest BCUT2D eigenvalue weighted by molar-refractivity contribution is -0.115. The molecule has 4 rings (SSSR count). The number of amides is 2. The Kier molecular flexibility index (Phi) is 8.17. The molecule has 1 unspecified atom stereocenters. The van der Waals surface area contributed by atoms with Crippen LogP contribution in [0, 0.1) is 5.82 Å². The number of halogens is 2. The van der Waals surface area contributed by atoms with Crippen LogP contribution in [0.5, 0.6) is 0 Å². The van der Waals surface area contributed by atoms with E-state index >= 15 is 0 Å². The number of hydrogen-bond donors (Lipinski definition) is 2. The van der Waals surface area contributed by atoms with Gasteiger partial charge in [0.2, 0.25) is 5.91 Å². The minimum atomic E-state index is -0.401. The lowest BCUT2D eigenvalue weighted by Crippen LogP contribution is -2.24. The van der Waals surface area contributed by atoms with E-state index in [-0.39, 0.29) is 17.1 Å². The highest BCUT2D eigenvalue weighted by Crippen LogP contribution is 2.32. The lowest BCUT2D eigenvalue weighted by atomic mass is 10.2. The van der Waals surface area contributed by atoms with Crippen molar-refractivity contribution in [1.29, 1.82) is 0 Å². The monoisotopic (exact) mass is 525 g/mol.